The van der Waals surface area contributed by atoms with E-state index in [2.05, 4.69) is 21.0 Å². The number of rotatable bonds is 6. The number of hydrogen-bond acceptors (Lipinski definition) is 8. The van der Waals surface area contributed by atoms with E-state index in [1.807, 2.05) is 47.2 Å². The largest absolute Gasteiger partial charge is 0.297 e. The van der Waals surface area contributed by atoms with Gasteiger partial charge in [0.1, 0.15) is 16.4 Å². The van der Waals surface area contributed by atoms with Gasteiger partial charge >= 0.3 is 0 Å². The fourth-order valence-electron chi connectivity index (χ4n) is 2.52. The number of thiophene rings is 1. The van der Waals surface area contributed by atoms with Gasteiger partial charge in [0, 0.05) is 10.9 Å². The first-order valence-electron chi connectivity index (χ1n) is 8.00. The first-order valence-corrected chi connectivity index (χ1v) is 10.7. The van der Waals surface area contributed by atoms with Crippen LogP contribution in [-0.4, -0.2) is 26.5 Å². The Balaban J connectivity index is 1.50. The van der Waals surface area contributed by atoms with Crippen molar-refractivity contribution in [2.24, 2.45) is 0 Å². The van der Waals surface area contributed by atoms with Crippen LogP contribution in [0.25, 0.3) is 21.5 Å². The molecule has 1 atom stereocenters. The summed E-state index contributed by atoms with van der Waals surface area (Å²) in [6.45, 7) is 0. The Kier molecular flexibility index (Phi) is 5.25. The van der Waals surface area contributed by atoms with E-state index in [4.69, 9.17) is 0 Å². The van der Waals surface area contributed by atoms with Crippen molar-refractivity contribution < 1.29 is 4.79 Å². The highest BCUT2D eigenvalue weighted by Crippen LogP contribution is 2.31. The predicted molar refractivity (Wildman–Crippen MR) is 109 cm³/mol. The molecular weight excluding hydrogens is 396 g/mol. The van der Waals surface area contributed by atoms with Crippen LogP contribution < -0.4 is 0 Å². The molecule has 0 fully saturated rings. The summed E-state index contributed by atoms with van der Waals surface area (Å²) in [6.07, 6.45) is 1.50. The molecule has 0 bridgehead atoms. The van der Waals surface area contributed by atoms with Gasteiger partial charge < -0.3 is 0 Å². The van der Waals surface area contributed by atoms with Gasteiger partial charge in [0.05, 0.1) is 27.7 Å². The van der Waals surface area contributed by atoms with Crippen molar-refractivity contribution in [2.45, 2.75) is 10.9 Å². The maximum Gasteiger partial charge on any atom is 0.167 e. The molecule has 3 aromatic heterocycles. The van der Waals surface area contributed by atoms with Crippen molar-refractivity contribution in [1.82, 2.24) is 15.0 Å². The van der Waals surface area contributed by atoms with E-state index in [0.717, 1.165) is 26.5 Å². The van der Waals surface area contributed by atoms with Crippen LogP contribution in [0, 0.1) is 11.3 Å². The minimum atomic E-state index is -0.861. The SMILES string of the molecule is N#C[C@H](C(=O)CSc1ncnc2ccsc12)c1nc(-c2ccccc2)cs1. The minimum Gasteiger partial charge on any atom is -0.297 e. The molecule has 0 saturated heterocycles. The van der Waals surface area contributed by atoms with E-state index < -0.39 is 5.92 Å². The summed E-state index contributed by atoms with van der Waals surface area (Å²) in [5.74, 6) is -0.858. The molecule has 0 unspecified atom stereocenters. The Morgan fingerprint density at radius 3 is 2.85 bits per heavy atom. The second kappa shape index (κ2) is 7.96. The zero-order chi connectivity index (χ0) is 18.6. The molecule has 0 N–H and O–H groups in total. The number of nitriles is 1. The second-order valence-electron chi connectivity index (χ2n) is 5.57. The lowest BCUT2D eigenvalue weighted by Gasteiger charge is -2.05. The Hall–Kier alpha value is -2.60. The average molecular weight is 409 g/mol. The molecule has 0 radical (unpaired) electrons. The number of fused-ring (bicyclic) bond motifs is 1. The first kappa shape index (κ1) is 17.8. The van der Waals surface area contributed by atoms with Gasteiger partial charge in [-0.1, -0.05) is 42.1 Å². The third kappa shape index (κ3) is 3.76. The van der Waals surface area contributed by atoms with Gasteiger partial charge in [0.2, 0.25) is 0 Å². The number of Topliss-reactive ketones (excluding diaryl/α,β-unsaturated/α-hetero) is 1. The van der Waals surface area contributed by atoms with Crippen LogP contribution in [-0.2, 0) is 4.79 Å². The van der Waals surface area contributed by atoms with E-state index in [0.29, 0.717) is 5.01 Å². The minimum absolute atomic E-state index is 0.167. The average Bonchev–Trinajstić information content (AvgIpc) is 3.37. The smallest absolute Gasteiger partial charge is 0.167 e. The highest BCUT2D eigenvalue weighted by Gasteiger charge is 2.24. The van der Waals surface area contributed by atoms with Gasteiger partial charge in [0.25, 0.3) is 0 Å². The molecular formula is C19H12N4OS3. The standard InChI is InChI=1S/C19H12N4OS3/c20-8-13(18-23-15(9-26-18)12-4-2-1-3-5-12)16(24)10-27-19-17-14(6-7-25-17)21-11-22-19/h1-7,9,11,13H,10H2/t13-/m1/s1. The first-order chi connectivity index (χ1) is 13.3. The quantitative estimate of drug-likeness (QED) is 0.337. The fourth-order valence-corrected chi connectivity index (χ4v) is 5.26. The molecule has 0 amide bonds. The van der Waals surface area contributed by atoms with E-state index in [1.54, 1.807) is 11.3 Å². The lowest BCUT2D eigenvalue weighted by Crippen LogP contribution is -2.13. The number of aromatic nitrogens is 3. The van der Waals surface area contributed by atoms with Crippen molar-refractivity contribution in [1.29, 1.82) is 5.26 Å². The summed E-state index contributed by atoms with van der Waals surface area (Å²) in [4.78, 5) is 25.6. The van der Waals surface area contributed by atoms with Crippen LogP contribution in [0.1, 0.15) is 10.9 Å². The van der Waals surface area contributed by atoms with Crippen molar-refractivity contribution in [2.75, 3.05) is 5.75 Å². The highest BCUT2D eigenvalue weighted by atomic mass is 32.2. The zero-order valence-electron chi connectivity index (χ0n) is 13.9. The third-order valence-electron chi connectivity index (χ3n) is 3.85. The normalized spacial score (nSPS) is 12.0. The van der Waals surface area contributed by atoms with Crippen molar-refractivity contribution in [3.8, 4) is 17.3 Å². The number of thioether (sulfide) groups is 1. The lowest BCUT2D eigenvalue weighted by molar-refractivity contribution is -0.116. The highest BCUT2D eigenvalue weighted by molar-refractivity contribution is 8.00. The van der Waals surface area contributed by atoms with Crippen LogP contribution in [0.3, 0.4) is 0 Å². The number of carbonyl (C=O) groups is 1. The van der Waals surface area contributed by atoms with Gasteiger partial charge in [0.15, 0.2) is 11.7 Å². The summed E-state index contributed by atoms with van der Waals surface area (Å²) in [5.41, 5.74) is 2.63. The number of hydrogen-bond donors (Lipinski definition) is 0. The Morgan fingerprint density at radius 1 is 1.19 bits per heavy atom. The molecule has 1 aromatic carbocycles. The molecule has 4 rings (SSSR count). The van der Waals surface area contributed by atoms with Gasteiger partial charge in [-0.3, -0.25) is 4.79 Å². The molecule has 4 aromatic rings. The van der Waals surface area contributed by atoms with Gasteiger partial charge in [-0.15, -0.1) is 22.7 Å². The number of nitrogens with zero attached hydrogens (tertiary/aromatic N) is 4. The summed E-state index contributed by atoms with van der Waals surface area (Å²) in [7, 11) is 0. The third-order valence-corrected chi connectivity index (χ3v) is 6.81. The predicted octanol–water partition coefficient (Wildman–Crippen LogP) is 4.78. The van der Waals surface area contributed by atoms with Crippen LogP contribution >= 0.6 is 34.4 Å². The van der Waals surface area contributed by atoms with E-state index >= 15 is 0 Å². The van der Waals surface area contributed by atoms with E-state index in [9.17, 15) is 10.1 Å². The van der Waals surface area contributed by atoms with Crippen molar-refractivity contribution in [3.63, 3.8) is 0 Å². The molecule has 0 aliphatic heterocycles. The van der Waals surface area contributed by atoms with Crippen LogP contribution in [0.5, 0.6) is 0 Å². The molecule has 8 heteroatoms. The second-order valence-corrected chi connectivity index (χ2v) is 8.34. The molecule has 3 heterocycles. The lowest BCUT2D eigenvalue weighted by atomic mass is 10.1. The summed E-state index contributed by atoms with van der Waals surface area (Å²) in [6, 6.07) is 13.8. The fraction of sp³-hybridized carbons (Fsp3) is 0.105. The number of benzene rings is 1. The van der Waals surface area contributed by atoms with Crippen LogP contribution in [0.2, 0.25) is 0 Å². The summed E-state index contributed by atoms with van der Waals surface area (Å²) < 4.78 is 0.962. The molecule has 5 nitrogen and oxygen atoms in total. The van der Waals surface area contributed by atoms with Gasteiger partial charge in [-0.25, -0.2) is 15.0 Å². The maximum absolute atomic E-state index is 12.7. The van der Waals surface area contributed by atoms with Gasteiger partial charge in [-0.05, 0) is 11.4 Å². The summed E-state index contributed by atoms with van der Waals surface area (Å²) >= 11 is 4.23. The molecule has 0 saturated carbocycles. The Labute approximate surface area is 167 Å². The summed E-state index contributed by atoms with van der Waals surface area (Å²) in [5, 5.41) is 14.7. The number of ketones is 1. The van der Waals surface area contributed by atoms with Crippen molar-refractivity contribution >= 4 is 50.4 Å². The van der Waals surface area contributed by atoms with E-state index in [-0.39, 0.29) is 11.5 Å². The maximum atomic E-state index is 12.7. The topological polar surface area (TPSA) is 79.5 Å². The zero-order valence-corrected chi connectivity index (χ0v) is 16.4. The molecule has 132 valence electrons. The molecule has 0 aliphatic rings. The molecule has 0 spiro atoms. The van der Waals surface area contributed by atoms with Crippen LogP contribution in [0.4, 0.5) is 0 Å². The van der Waals surface area contributed by atoms with Crippen LogP contribution in [0.15, 0.2) is 58.5 Å². The van der Waals surface area contributed by atoms with Gasteiger partial charge in [-0.2, -0.15) is 5.26 Å². The number of thiazole rings is 1. The van der Waals surface area contributed by atoms with Crippen molar-refractivity contribution in [3.05, 3.63) is 58.5 Å². The monoisotopic (exact) mass is 408 g/mol. The Morgan fingerprint density at radius 2 is 2.04 bits per heavy atom. The number of carbonyl (C=O) groups excluding carboxylic acids is 1. The Bertz CT molecular complexity index is 1130. The van der Waals surface area contributed by atoms with E-state index in [1.165, 1.54) is 29.4 Å². The molecule has 0 aliphatic carbocycles. The molecule has 27 heavy (non-hydrogen) atoms.